The van der Waals surface area contributed by atoms with Crippen LogP contribution < -0.4 is 0 Å². The van der Waals surface area contributed by atoms with Crippen molar-refractivity contribution in [1.29, 1.82) is 0 Å². The van der Waals surface area contributed by atoms with Gasteiger partial charge in [0.05, 0.1) is 12.5 Å². The van der Waals surface area contributed by atoms with Crippen LogP contribution in [0.1, 0.15) is 85.5 Å². The molecule has 4 fully saturated rings. The van der Waals surface area contributed by atoms with Gasteiger partial charge in [0.2, 0.25) is 0 Å². The van der Waals surface area contributed by atoms with Gasteiger partial charge in [0.15, 0.2) is 6.29 Å². The Bertz CT molecular complexity index is 685. The van der Waals surface area contributed by atoms with Crippen molar-refractivity contribution in [3.05, 3.63) is 0 Å². The topological polar surface area (TPSA) is 72.8 Å². The molecule has 0 bridgehead atoms. The second-order valence-corrected chi connectivity index (χ2v) is 11.2. The summed E-state index contributed by atoms with van der Waals surface area (Å²) in [6, 6.07) is 0. The Balaban J connectivity index is 1.53. The average Bonchev–Trinajstić information content (AvgIpc) is 3.05. The molecule has 0 amide bonds. The smallest absolute Gasteiger partial charge is 0.164 e. The lowest BCUT2D eigenvalue weighted by atomic mass is 9.44. The van der Waals surface area contributed by atoms with Crippen molar-refractivity contribution < 1.29 is 24.2 Å². The van der Waals surface area contributed by atoms with Crippen LogP contribution >= 0.6 is 0 Å². The summed E-state index contributed by atoms with van der Waals surface area (Å²) in [5, 5.41) is 10.2. The van der Waals surface area contributed by atoms with Crippen LogP contribution in [0, 0.1) is 40.4 Å². The molecule has 5 heteroatoms. The highest BCUT2D eigenvalue weighted by Gasteiger charge is 2.64. The van der Waals surface area contributed by atoms with Crippen LogP contribution in [0.2, 0.25) is 0 Å². The molecule has 0 radical (unpaired) electrons. The van der Waals surface area contributed by atoms with Crippen LogP contribution in [-0.4, -0.2) is 42.3 Å². The molecule has 8 atom stereocenters. The maximum atomic E-state index is 13.7. The molecule has 0 heterocycles. The van der Waals surface area contributed by atoms with E-state index in [-0.39, 0.29) is 41.0 Å². The molecule has 1 N–H and O–H groups in total. The van der Waals surface area contributed by atoms with E-state index in [0.717, 1.165) is 44.9 Å². The van der Waals surface area contributed by atoms with Gasteiger partial charge in [0.1, 0.15) is 11.6 Å². The van der Waals surface area contributed by atoms with Crippen LogP contribution in [0.3, 0.4) is 0 Å². The summed E-state index contributed by atoms with van der Waals surface area (Å²) in [5.41, 5.74) is -0.201. The van der Waals surface area contributed by atoms with Crippen LogP contribution in [0.25, 0.3) is 0 Å². The van der Waals surface area contributed by atoms with Gasteiger partial charge in [-0.3, -0.25) is 9.59 Å². The van der Waals surface area contributed by atoms with Crippen molar-refractivity contribution >= 4 is 11.6 Å². The number of aliphatic hydroxyl groups is 1. The first-order valence-corrected chi connectivity index (χ1v) is 12.7. The highest BCUT2D eigenvalue weighted by atomic mass is 16.7. The minimum atomic E-state index is -0.472. The SMILES string of the molecule is CCOC(CC(=O)[C@H]1CC[C@H]2[C@@H]3CC[C@H]4C[C@H](O)CC[C@]4(C)[C@H]3C(=O)C[C@]12C)OCC. The van der Waals surface area contributed by atoms with Gasteiger partial charge in [-0.1, -0.05) is 13.8 Å². The van der Waals surface area contributed by atoms with Crippen LogP contribution in [0.4, 0.5) is 0 Å². The van der Waals surface area contributed by atoms with Gasteiger partial charge < -0.3 is 14.6 Å². The molecule has 0 unspecified atom stereocenters. The minimum absolute atomic E-state index is 0.0255. The van der Waals surface area contributed by atoms with Gasteiger partial charge in [0, 0.05) is 31.5 Å². The third kappa shape index (κ3) is 3.93. The summed E-state index contributed by atoms with van der Waals surface area (Å²) in [4.78, 5) is 27.1. The van der Waals surface area contributed by atoms with Gasteiger partial charge in [0.25, 0.3) is 0 Å². The quantitative estimate of drug-likeness (QED) is 0.596. The Kier molecular flexibility index (Phi) is 6.69. The number of hydrogen-bond donors (Lipinski definition) is 1. The molecule has 0 aromatic rings. The minimum Gasteiger partial charge on any atom is -0.393 e. The number of rotatable bonds is 7. The fraction of sp³-hybridized carbons (Fsp3) is 0.923. The van der Waals surface area contributed by atoms with E-state index >= 15 is 0 Å². The van der Waals surface area contributed by atoms with Crippen molar-refractivity contribution in [3.63, 3.8) is 0 Å². The third-order valence-corrected chi connectivity index (χ3v) is 9.78. The lowest BCUT2D eigenvalue weighted by molar-refractivity contribution is -0.166. The Morgan fingerprint density at radius 3 is 2.45 bits per heavy atom. The Hall–Kier alpha value is -0.780. The second kappa shape index (κ2) is 8.87. The van der Waals surface area contributed by atoms with Gasteiger partial charge in [-0.15, -0.1) is 0 Å². The Labute approximate surface area is 187 Å². The maximum absolute atomic E-state index is 13.7. The Morgan fingerprint density at radius 2 is 1.77 bits per heavy atom. The third-order valence-electron chi connectivity index (χ3n) is 9.78. The van der Waals surface area contributed by atoms with E-state index in [9.17, 15) is 14.7 Å². The van der Waals surface area contributed by atoms with Gasteiger partial charge in [-0.05, 0) is 87.4 Å². The number of carbonyl (C=O) groups is 2. The zero-order valence-corrected chi connectivity index (χ0v) is 19.9. The highest BCUT2D eigenvalue weighted by molar-refractivity contribution is 5.88. The number of ketones is 2. The van der Waals surface area contributed by atoms with E-state index in [2.05, 4.69) is 13.8 Å². The molecule has 4 aliphatic rings. The molecule has 4 saturated carbocycles. The van der Waals surface area contributed by atoms with Gasteiger partial charge in [-0.2, -0.15) is 0 Å². The molecular weight excluding hydrogens is 392 g/mol. The van der Waals surface area contributed by atoms with Crippen LogP contribution in [0.5, 0.6) is 0 Å². The predicted molar refractivity (Wildman–Crippen MR) is 118 cm³/mol. The normalized spacial score (nSPS) is 44.6. The largest absolute Gasteiger partial charge is 0.393 e. The summed E-state index contributed by atoms with van der Waals surface area (Å²) >= 11 is 0. The van der Waals surface area contributed by atoms with Crippen molar-refractivity contribution in [1.82, 2.24) is 0 Å². The first-order valence-electron chi connectivity index (χ1n) is 12.7. The van der Waals surface area contributed by atoms with Crippen LogP contribution in [0.15, 0.2) is 0 Å². The lowest BCUT2D eigenvalue weighted by Crippen LogP contribution is -2.58. The number of fused-ring (bicyclic) bond motifs is 5. The van der Waals surface area contributed by atoms with Crippen molar-refractivity contribution in [2.24, 2.45) is 40.4 Å². The molecule has 0 spiro atoms. The van der Waals surface area contributed by atoms with E-state index in [1.165, 1.54) is 0 Å². The van der Waals surface area contributed by atoms with Gasteiger partial charge >= 0.3 is 0 Å². The number of carbonyl (C=O) groups excluding carboxylic acids is 2. The standard InChI is InChI=1S/C26H42O5/c1-5-30-23(31-6-2)14-21(28)20-10-9-19-18-8-7-16-13-17(27)11-12-25(16,3)24(18)22(29)15-26(19,20)4/h16-20,23-24,27H,5-15H2,1-4H3/t16-,17+,18-,19-,20+,24+,25-,26-/m0/s1. The summed E-state index contributed by atoms with van der Waals surface area (Å²) in [6.45, 7) is 9.44. The van der Waals surface area contributed by atoms with Crippen molar-refractivity contribution in [2.45, 2.75) is 97.9 Å². The van der Waals surface area contributed by atoms with E-state index in [4.69, 9.17) is 9.47 Å². The second-order valence-electron chi connectivity index (χ2n) is 11.2. The molecule has 4 rings (SSSR count). The molecule has 0 aromatic carbocycles. The fourth-order valence-electron chi connectivity index (χ4n) is 8.42. The van der Waals surface area contributed by atoms with Crippen molar-refractivity contribution in [3.8, 4) is 0 Å². The highest BCUT2D eigenvalue weighted by Crippen LogP contribution is 2.66. The summed E-state index contributed by atoms with van der Waals surface area (Å²) < 4.78 is 11.3. The van der Waals surface area contributed by atoms with E-state index in [1.807, 2.05) is 13.8 Å². The summed E-state index contributed by atoms with van der Waals surface area (Å²) in [5.74, 6) is 1.96. The van der Waals surface area contributed by atoms with E-state index in [1.54, 1.807) is 0 Å². The predicted octanol–water partition coefficient (Wildman–Crippen LogP) is 4.54. The Morgan fingerprint density at radius 1 is 1.06 bits per heavy atom. The average molecular weight is 435 g/mol. The van der Waals surface area contributed by atoms with Crippen molar-refractivity contribution in [2.75, 3.05) is 13.2 Å². The number of aliphatic hydroxyl groups excluding tert-OH is 1. The molecule has 0 saturated heterocycles. The van der Waals surface area contributed by atoms with Crippen LogP contribution in [-0.2, 0) is 19.1 Å². The molecule has 5 nitrogen and oxygen atoms in total. The fourth-order valence-corrected chi connectivity index (χ4v) is 8.42. The maximum Gasteiger partial charge on any atom is 0.164 e. The first kappa shape index (κ1) is 23.4. The summed E-state index contributed by atoms with van der Waals surface area (Å²) in [6.07, 6.45) is 6.92. The molecular formula is C26H42O5. The van der Waals surface area contributed by atoms with Gasteiger partial charge in [-0.25, -0.2) is 0 Å². The number of hydrogen-bond acceptors (Lipinski definition) is 5. The number of ether oxygens (including phenoxy) is 2. The zero-order valence-electron chi connectivity index (χ0n) is 19.9. The lowest BCUT2D eigenvalue weighted by Gasteiger charge is -2.59. The summed E-state index contributed by atoms with van der Waals surface area (Å²) in [7, 11) is 0. The number of Topliss-reactive ketones (excluding diaryl/α,β-unsaturated/α-hetero) is 2. The van der Waals surface area contributed by atoms with E-state index < -0.39 is 6.29 Å². The molecule has 176 valence electrons. The molecule has 0 aliphatic heterocycles. The first-order chi connectivity index (χ1) is 14.7. The zero-order chi connectivity index (χ0) is 22.4. The van der Waals surface area contributed by atoms with E-state index in [0.29, 0.717) is 43.2 Å². The molecule has 31 heavy (non-hydrogen) atoms. The molecule has 0 aromatic heterocycles. The molecule has 4 aliphatic carbocycles. The monoisotopic (exact) mass is 434 g/mol.